The van der Waals surface area contributed by atoms with Crippen LogP contribution in [0.4, 0.5) is 0 Å². The average molecular weight is 270 g/mol. The molecule has 0 aliphatic carbocycles. The van der Waals surface area contributed by atoms with Crippen molar-refractivity contribution < 1.29 is 4.74 Å². The van der Waals surface area contributed by atoms with Crippen molar-refractivity contribution in [3.8, 4) is 5.75 Å². The lowest BCUT2D eigenvalue weighted by Crippen LogP contribution is -1.93. The van der Waals surface area contributed by atoms with Gasteiger partial charge in [0.2, 0.25) is 0 Å². The first-order chi connectivity index (χ1) is 6.86. The van der Waals surface area contributed by atoms with Crippen molar-refractivity contribution in [2.24, 2.45) is 0 Å². The smallest absolute Gasteiger partial charge is 0.138 e. The Bertz CT molecular complexity index is 402. The van der Waals surface area contributed by atoms with Crippen LogP contribution in [0.3, 0.4) is 0 Å². The van der Waals surface area contributed by atoms with Crippen LogP contribution in [0.1, 0.15) is 4.88 Å². The molecule has 0 aliphatic rings. The second kappa shape index (κ2) is 4.57. The largest absolute Gasteiger partial charge is 0.486 e. The number of thiophene rings is 1. The van der Waals surface area contributed by atoms with Crippen molar-refractivity contribution in [1.29, 1.82) is 0 Å². The van der Waals surface area contributed by atoms with Gasteiger partial charge in [0.1, 0.15) is 12.4 Å². The van der Waals surface area contributed by atoms with Crippen LogP contribution >= 0.6 is 27.3 Å². The van der Waals surface area contributed by atoms with Gasteiger partial charge in [0.05, 0.1) is 11.1 Å². The summed E-state index contributed by atoms with van der Waals surface area (Å²) in [6, 6.07) is 5.78. The number of aromatic nitrogens is 1. The Balaban J connectivity index is 1.99. The van der Waals surface area contributed by atoms with E-state index in [4.69, 9.17) is 4.74 Å². The van der Waals surface area contributed by atoms with Crippen molar-refractivity contribution in [2.75, 3.05) is 0 Å². The van der Waals surface area contributed by atoms with E-state index >= 15 is 0 Å². The number of nitrogens with zero attached hydrogens (tertiary/aromatic N) is 1. The number of pyridine rings is 1. The van der Waals surface area contributed by atoms with Gasteiger partial charge < -0.3 is 4.74 Å². The van der Waals surface area contributed by atoms with Gasteiger partial charge in [0, 0.05) is 10.7 Å². The van der Waals surface area contributed by atoms with Crippen molar-refractivity contribution in [2.45, 2.75) is 6.61 Å². The molecule has 0 radical (unpaired) electrons. The summed E-state index contributed by atoms with van der Waals surface area (Å²) >= 11 is 5.13. The van der Waals surface area contributed by atoms with Crippen LogP contribution in [0.5, 0.6) is 5.75 Å². The summed E-state index contributed by atoms with van der Waals surface area (Å²) in [5, 5.41) is 2.03. The van der Waals surface area contributed by atoms with Gasteiger partial charge in [-0.1, -0.05) is 0 Å². The van der Waals surface area contributed by atoms with Gasteiger partial charge >= 0.3 is 0 Å². The Morgan fingerprint density at radius 2 is 2.36 bits per heavy atom. The van der Waals surface area contributed by atoms with Gasteiger partial charge in [-0.05, 0) is 39.5 Å². The number of rotatable bonds is 3. The van der Waals surface area contributed by atoms with Gasteiger partial charge in [0.25, 0.3) is 0 Å². The molecule has 0 saturated carbocycles. The predicted molar refractivity (Wildman–Crippen MR) is 60.6 cm³/mol. The molecule has 14 heavy (non-hydrogen) atoms. The Morgan fingerprint density at radius 3 is 3.00 bits per heavy atom. The summed E-state index contributed by atoms with van der Waals surface area (Å²) in [7, 11) is 0. The van der Waals surface area contributed by atoms with E-state index in [0.29, 0.717) is 6.61 Å². The van der Waals surface area contributed by atoms with Crippen LogP contribution in [-0.2, 0) is 6.61 Å². The molecule has 0 aromatic carbocycles. The highest BCUT2D eigenvalue weighted by atomic mass is 79.9. The highest BCUT2D eigenvalue weighted by Gasteiger charge is 2.01. The van der Waals surface area contributed by atoms with E-state index < -0.39 is 0 Å². The summed E-state index contributed by atoms with van der Waals surface area (Å²) in [5.74, 6) is 0.799. The molecule has 0 spiro atoms. The van der Waals surface area contributed by atoms with E-state index in [0.717, 1.165) is 10.2 Å². The normalized spacial score (nSPS) is 10.1. The van der Waals surface area contributed by atoms with E-state index in [-0.39, 0.29) is 0 Å². The Labute approximate surface area is 94.7 Å². The van der Waals surface area contributed by atoms with Crippen molar-refractivity contribution in [3.05, 3.63) is 45.3 Å². The molecule has 2 heterocycles. The standard InChI is InChI=1S/C10H8BrNOS/c11-9-3-5-14-10(9)7-13-8-2-1-4-12-6-8/h1-6H,7H2. The number of hydrogen-bond acceptors (Lipinski definition) is 3. The molecule has 2 rings (SSSR count). The third-order valence-electron chi connectivity index (χ3n) is 1.70. The van der Waals surface area contributed by atoms with Crippen LogP contribution in [0.25, 0.3) is 0 Å². The Hall–Kier alpha value is -0.870. The maximum Gasteiger partial charge on any atom is 0.138 e. The molecule has 0 aliphatic heterocycles. The van der Waals surface area contributed by atoms with Crippen molar-refractivity contribution >= 4 is 27.3 Å². The fourth-order valence-corrected chi connectivity index (χ4v) is 2.39. The first kappa shape index (κ1) is 9.68. The van der Waals surface area contributed by atoms with E-state index in [9.17, 15) is 0 Å². The maximum atomic E-state index is 5.55. The number of hydrogen-bond donors (Lipinski definition) is 0. The summed E-state index contributed by atoms with van der Waals surface area (Å²) in [4.78, 5) is 5.16. The fraction of sp³-hybridized carbons (Fsp3) is 0.100. The van der Waals surface area contributed by atoms with E-state index in [1.807, 2.05) is 23.6 Å². The zero-order chi connectivity index (χ0) is 9.80. The quantitative estimate of drug-likeness (QED) is 0.851. The van der Waals surface area contributed by atoms with Crippen molar-refractivity contribution in [3.63, 3.8) is 0 Å². The topological polar surface area (TPSA) is 22.1 Å². The van der Waals surface area contributed by atoms with E-state index in [1.165, 1.54) is 4.88 Å². The zero-order valence-electron chi connectivity index (χ0n) is 7.31. The molecular weight excluding hydrogens is 262 g/mol. The van der Waals surface area contributed by atoms with Crippen LogP contribution in [0, 0.1) is 0 Å². The molecule has 2 nitrogen and oxygen atoms in total. The lowest BCUT2D eigenvalue weighted by Gasteiger charge is -2.03. The second-order valence-corrected chi connectivity index (χ2v) is 4.52. The van der Waals surface area contributed by atoms with Gasteiger partial charge in [-0.3, -0.25) is 4.98 Å². The van der Waals surface area contributed by atoms with Crippen LogP contribution < -0.4 is 4.74 Å². The predicted octanol–water partition coefficient (Wildman–Crippen LogP) is 3.48. The average Bonchev–Trinajstić information content (AvgIpc) is 2.63. The molecule has 0 bridgehead atoms. The molecule has 0 unspecified atom stereocenters. The summed E-state index contributed by atoms with van der Waals surface area (Å²) in [5.41, 5.74) is 0. The first-order valence-corrected chi connectivity index (χ1v) is 5.78. The summed E-state index contributed by atoms with van der Waals surface area (Å²) in [6.45, 7) is 0.587. The monoisotopic (exact) mass is 269 g/mol. The third kappa shape index (κ3) is 2.33. The van der Waals surface area contributed by atoms with Gasteiger partial charge in [-0.25, -0.2) is 0 Å². The van der Waals surface area contributed by atoms with Crippen LogP contribution in [0.15, 0.2) is 40.4 Å². The molecule has 0 saturated heterocycles. The lowest BCUT2D eigenvalue weighted by molar-refractivity contribution is 0.308. The number of halogens is 1. The van der Waals surface area contributed by atoms with E-state index in [2.05, 4.69) is 20.9 Å². The lowest BCUT2D eigenvalue weighted by atomic mass is 10.4. The first-order valence-electron chi connectivity index (χ1n) is 4.11. The van der Waals surface area contributed by atoms with Crippen molar-refractivity contribution in [1.82, 2.24) is 4.98 Å². The van der Waals surface area contributed by atoms with Gasteiger partial charge in [-0.2, -0.15) is 0 Å². The highest BCUT2D eigenvalue weighted by Crippen LogP contribution is 2.23. The summed E-state index contributed by atoms with van der Waals surface area (Å²) in [6.07, 6.45) is 3.44. The molecule has 72 valence electrons. The van der Waals surface area contributed by atoms with Crippen LogP contribution in [0.2, 0.25) is 0 Å². The SMILES string of the molecule is Brc1ccsc1COc1cccnc1. The Morgan fingerprint density at radius 1 is 1.43 bits per heavy atom. The molecule has 2 aromatic heterocycles. The maximum absolute atomic E-state index is 5.55. The van der Waals surface area contributed by atoms with Gasteiger partial charge in [-0.15, -0.1) is 11.3 Å². The number of ether oxygens (including phenoxy) is 1. The molecule has 0 N–H and O–H groups in total. The molecule has 2 aromatic rings. The minimum Gasteiger partial charge on any atom is -0.486 e. The van der Waals surface area contributed by atoms with E-state index in [1.54, 1.807) is 23.7 Å². The minimum atomic E-state index is 0.587. The molecule has 0 amide bonds. The van der Waals surface area contributed by atoms with Crippen LogP contribution in [-0.4, -0.2) is 4.98 Å². The molecule has 4 heteroatoms. The summed E-state index contributed by atoms with van der Waals surface area (Å²) < 4.78 is 6.65. The highest BCUT2D eigenvalue weighted by molar-refractivity contribution is 9.10. The Kier molecular flexibility index (Phi) is 3.16. The molecule has 0 fully saturated rings. The minimum absolute atomic E-state index is 0.587. The second-order valence-electron chi connectivity index (χ2n) is 2.67. The molecular formula is C10H8BrNOS. The fourth-order valence-electron chi connectivity index (χ4n) is 1.01. The zero-order valence-corrected chi connectivity index (χ0v) is 9.72. The van der Waals surface area contributed by atoms with Gasteiger partial charge in [0.15, 0.2) is 0 Å². The molecule has 0 atom stereocenters. The third-order valence-corrected chi connectivity index (χ3v) is 3.60.